The molecule has 0 fully saturated rings. The van der Waals surface area contributed by atoms with E-state index in [1.54, 1.807) is 19.0 Å². The van der Waals surface area contributed by atoms with Crippen LogP contribution in [0, 0.1) is 0 Å². The van der Waals surface area contributed by atoms with Gasteiger partial charge in [-0.2, -0.15) is 0 Å². The van der Waals surface area contributed by atoms with Crippen molar-refractivity contribution in [2.75, 3.05) is 26.0 Å². The maximum atomic E-state index is 11.3. The van der Waals surface area contributed by atoms with Crippen LogP contribution < -0.4 is 5.32 Å². The van der Waals surface area contributed by atoms with Gasteiger partial charge in [-0.15, -0.1) is 0 Å². The monoisotopic (exact) mass is 334 g/mol. The number of anilines is 1. The number of hydrogen-bond donors (Lipinski definition) is 1. The van der Waals surface area contributed by atoms with Crippen molar-refractivity contribution in [2.45, 2.75) is 0 Å². The Bertz CT molecular complexity index is 366. The summed E-state index contributed by atoms with van der Waals surface area (Å²) >= 11 is 6.78. The van der Waals surface area contributed by atoms with Crippen LogP contribution in [-0.2, 0) is 4.79 Å². The minimum absolute atomic E-state index is 0.0461. The molecule has 0 radical (unpaired) electrons. The molecule has 0 unspecified atom stereocenters. The van der Waals surface area contributed by atoms with E-state index < -0.39 is 0 Å². The molecule has 1 rings (SSSR count). The van der Waals surface area contributed by atoms with E-state index in [1.165, 1.54) is 0 Å². The van der Waals surface area contributed by atoms with Crippen LogP contribution in [0.3, 0.4) is 0 Å². The average Bonchev–Trinajstić information content (AvgIpc) is 2.15. The molecule has 15 heavy (non-hydrogen) atoms. The summed E-state index contributed by atoms with van der Waals surface area (Å²) in [6, 6.07) is 5.77. The van der Waals surface area contributed by atoms with E-state index in [2.05, 4.69) is 37.2 Å². The number of carbonyl (C=O) groups is 1. The van der Waals surface area contributed by atoms with Gasteiger partial charge in [0.1, 0.15) is 0 Å². The first-order valence-electron chi connectivity index (χ1n) is 4.40. The molecule has 0 spiro atoms. The Balaban J connectivity index is 2.62. The van der Waals surface area contributed by atoms with Gasteiger partial charge in [-0.05, 0) is 34.1 Å². The molecule has 1 N–H and O–H groups in total. The quantitative estimate of drug-likeness (QED) is 0.921. The molecule has 0 saturated carbocycles. The first-order valence-corrected chi connectivity index (χ1v) is 5.98. The number of amides is 1. The number of carbonyl (C=O) groups excluding carboxylic acids is 1. The van der Waals surface area contributed by atoms with E-state index in [4.69, 9.17) is 0 Å². The molecule has 1 aromatic carbocycles. The summed E-state index contributed by atoms with van der Waals surface area (Å²) in [5.74, 6) is 0.0461. The van der Waals surface area contributed by atoms with E-state index in [-0.39, 0.29) is 5.91 Å². The summed E-state index contributed by atoms with van der Waals surface area (Å²) in [5.41, 5.74) is 0.911. The van der Waals surface area contributed by atoms with E-state index >= 15 is 0 Å². The number of likely N-dealkylation sites (N-methyl/N-ethyl adjacent to an activating group) is 1. The molecule has 0 aliphatic rings. The van der Waals surface area contributed by atoms with Crippen LogP contribution in [0.4, 0.5) is 5.69 Å². The Kier molecular flexibility index (Phi) is 4.60. The normalized spacial score (nSPS) is 9.87. The zero-order valence-corrected chi connectivity index (χ0v) is 11.7. The number of rotatable bonds is 3. The lowest BCUT2D eigenvalue weighted by molar-refractivity contribution is -0.126. The van der Waals surface area contributed by atoms with Gasteiger partial charge in [0.2, 0.25) is 5.91 Å². The predicted molar refractivity (Wildman–Crippen MR) is 69.0 cm³/mol. The molecule has 0 aliphatic heterocycles. The standard InChI is InChI=1S/C10H12Br2N2O/c1-14(2)10(15)6-13-9-4-3-7(11)5-8(9)12/h3-5,13H,6H2,1-2H3. The van der Waals surface area contributed by atoms with Crippen molar-refractivity contribution in [3.8, 4) is 0 Å². The van der Waals surface area contributed by atoms with Gasteiger partial charge in [0.15, 0.2) is 0 Å². The summed E-state index contributed by atoms with van der Waals surface area (Å²) in [4.78, 5) is 12.9. The van der Waals surface area contributed by atoms with Crippen molar-refractivity contribution in [3.05, 3.63) is 27.1 Å². The Morgan fingerprint density at radius 1 is 1.40 bits per heavy atom. The molecule has 82 valence electrons. The van der Waals surface area contributed by atoms with Crippen molar-refractivity contribution in [2.24, 2.45) is 0 Å². The van der Waals surface area contributed by atoms with Crippen LogP contribution >= 0.6 is 31.9 Å². The number of hydrogen-bond acceptors (Lipinski definition) is 2. The Morgan fingerprint density at radius 2 is 2.07 bits per heavy atom. The summed E-state index contributed by atoms with van der Waals surface area (Å²) in [6.07, 6.45) is 0. The van der Waals surface area contributed by atoms with E-state index in [9.17, 15) is 4.79 Å². The lowest BCUT2D eigenvalue weighted by Crippen LogP contribution is -2.28. The van der Waals surface area contributed by atoms with Gasteiger partial charge in [-0.1, -0.05) is 15.9 Å². The van der Waals surface area contributed by atoms with Gasteiger partial charge < -0.3 is 10.2 Å². The smallest absolute Gasteiger partial charge is 0.241 e. The van der Waals surface area contributed by atoms with Crippen LogP contribution in [0.2, 0.25) is 0 Å². The SMILES string of the molecule is CN(C)C(=O)CNc1ccc(Br)cc1Br. The third-order valence-corrected chi connectivity index (χ3v) is 3.01. The fraction of sp³-hybridized carbons (Fsp3) is 0.300. The molecule has 0 aliphatic carbocycles. The van der Waals surface area contributed by atoms with Crippen molar-refractivity contribution in [1.29, 1.82) is 0 Å². The highest BCUT2D eigenvalue weighted by Crippen LogP contribution is 2.25. The number of halogens is 2. The van der Waals surface area contributed by atoms with Gasteiger partial charge in [-0.25, -0.2) is 0 Å². The first-order chi connectivity index (χ1) is 7.00. The molecule has 0 aromatic heterocycles. The number of benzene rings is 1. The maximum absolute atomic E-state index is 11.3. The Hall–Kier alpha value is -0.550. The third kappa shape index (κ3) is 3.83. The van der Waals surface area contributed by atoms with Crippen molar-refractivity contribution in [1.82, 2.24) is 4.90 Å². The Morgan fingerprint density at radius 3 is 2.60 bits per heavy atom. The number of nitrogens with one attached hydrogen (secondary N) is 1. The molecule has 0 heterocycles. The molecule has 5 heteroatoms. The highest BCUT2D eigenvalue weighted by atomic mass is 79.9. The average molecular weight is 336 g/mol. The van der Waals surface area contributed by atoms with Gasteiger partial charge in [-0.3, -0.25) is 4.79 Å². The van der Waals surface area contributed by atoms with Crippen LogP contribution in [0.25, 0.3) is 0 Å². The molecule has 0 saturated heterocycles. The van der Waals surface area contributed by atoms with Crippen molar-refractivity contribution in [3.63, 3.8) is 0 Å². The predicted octanol–water partition coefficient (Wildman–Crippen LogP) is 2.71. The molecule has 0 atom stereocenters. The van der Waals surface area contributed by atoms with Gasteiger partial charge in [0, 0.05) is 28.7 Å². The minimum atomic E-state index is 0.0461. The second-order valence-corrected chi connectivity index (χ2v) is 5.04. The van der Waals surface area contributed by atoms with Crippen molar-refractivity contribution < 1.29 is 4.79 Å². The van der Waals surface area contributed by atoms with Crippen LogP contribution in [0.15, 0.2) is 27.1 Å². The largest absolute Gasteiger partial charge is 0.375 e. The van der Waals surface area contributed by atoms with E-state index in [0.29, 0.717) is 6.54 Å². The summed E-state index contributed by atoms with van der Waals surface area (Å²) < 4.78 is 1.93. The number of nitrogens with zero attached hydrogens (tertiary/aromatic N) is 1. The molecule has 0 bridgehead atoms. The highest BCUT2D eigenvalue weighted by Gasteiger charge is 2.05. The fourth-order valence-corrected chi connectivity index (χ4v) is 2.15. The summed E-state index contributed by atoms with van der Waals surface area (Å²) in [6.45, 7) is 0.299. The first kappa shape index (κ1) is 12.5. The molecule has 1 aromatic rings. The molecular formula is C10H12Br2N2O. The van der Waals surface area contributed by atoms with Crippen molar-refractivity contribution >= 4 is 43.5 Å². The zero-order chi connectivity index (χ0) is 11.4. The molecular weight excluding hydrogens is 324 g/mol. The van der Waals surface area contributed by atoms with E-state index in [0.717, 1.165) is 14.6 Å². The van der Waals surface area contributed by atoms with Crippen LogP contribution in [0.1, 0.15) is 0 Å². The minimum Gasteiger partial charge on any atom is -0.375 e. The second kappa shape index (κ2) is 5.51. The lowest BCUT2D eigenvalue weighted by Gasteiger charge is -2.12. The summed E-state index contributed by atoms with van der Waals surface area (Å²) in [5, 5.41) is 3.06. The van der Waals surface area contributed by atoms with Crippen LogP contribution in [0.5, 0.6) is 0 Å². The molecule has 1 amide bonds. The van der Waals surface area contributed by atoms with Gasteiger partial charge >= 0.3 is 0 Å². The fourth-order valence-electron chi connectivity index (χ4n) is 0.962. The van der Waals surface area contributed by atoms with Gasteiger partial charge in [0.05, 0.1) is 6.54 Å². The zero-order valence-electron chi connectivity index (χ0n) is 8.55. The molecule has 3 nitrogen and oxygen atoms in total. The third-order valence-electron chi connectivity index (χ3n) is 1.86. The topological polar surface area (TPSA) is 32.3 Å². The van der Waals surface area contributed by atoms with Gasteiger partial charge in [0.25, 0.3) is 0 Å². The highest BCUT2D eigenvalue weighted by molar-refractivity contribution is 9.11. The second-order valence-electron chi connectivity index (χ2n) is 3.27. The van der Waals surface area contributed by atoms with E-state index in [1.807, 2.05) is 18.2 Å². The maximum Gasteiger partial charge on any atom is 0.241 e. The Labute approximate surface area is 106 Å². The summed E-state index contributed by atoms with van der Waals surface area (Å²) in [7, 11) is 3.47. The van der Waals surface area contributed by atoms with Crippen LogP contribution in [-0.4, -0.2) is 31.4 Å². The lowest BCUT2D eigenvalue weighted by atomic mass is 10.3.